The van der Waals surface area contributed by atoms with Gasteiger partial charge in [0.1, 0.15) is 11.3 Å². The summed E-state index contributed by atoms with van der Waals surface area (Å²) in [7, 11) is -2.34. The number of carbonyl (C=O) groups is 1. The Kier molecular flexibility index (Phi) is 5.08. The van der Waals surface area contributed by atoms with Gasteiger partial charge >= 0.3 is 5.97 Å². The molecule has 1 fully saturated rings. The molecule has 6 nitrogen and oxygen atoms in total. The summed E-state index contributed by atoms with van der Waals surface area (Å²) in [6, 6.07) is 3.95. The van der Waals surface area contributed by atoms with Crippen LogP contribution in [-0.2, 0) is 10.0 Å². The van der Waals surface area contributed by atoms with Crippen molar-refractivity contribution >= 4 is 16.0 Å². The number of carboxylic acid groups (broad SMARTS) is 1. The third kappa shape index (κ3) is 3.10. The average molecular weight is 327 g/mol. The van der Waals surface area contributed by atoms with Crippen molar-refractivity contribution < 1.29 is 23.1 Å². The van der Waals surface area contributed by atoms with Crippen molar-refractivity contribution in [3.05, 3.63) is 23.8 Å². The molecule has 0 aliphatic carbocycles. The zero-order chi connectivity index (χ0) is 16.3. The van der Waals surface area contributed by atoms with E-state index in [1.54, 1.807) is 0 Å². The van der Waals surface area contributed by atoms with Crippen LogP contribution in [0, 0.1) is 0 Å². The molecule has 0 amide bonds. The van der Waals surface area contributed by atoms with Gasteiger partial charge < -0.3 is 9.84 Å². The van der Waals surface area contributed by atoms with Gasteiger partial charge in [-0.15, -0.1) is 0 Å². The van der Waals surface area contributed by atoms with Crippen LogP contribution in [0.15, 0.2) is 23.1 Å². The first-order valence-electron chi connectivity index (χ1n) is 7.35. The SMILES string of the molecule is CC[C@@H]1CCCCN1S(=O)(=O)c1ccc(OC)c(C(=O)O)c1. The maximum absolute atomic E-state index is 12.8. The standard InChI is InChI=1S/C15H21NO5S/c1-3-11-6-4-5-9-16(11)22(19,20)12-7-8-14(21-2)13(10-12)15(17)18/h7-8,10-11H,3-6,9H2,1-2H3,(H,17,18)/t11-/m1/s1. The molecule has 0 radical (unpaired) electrons. The maximum atomic E-state index is 12.8. The molecule has 0 unspecified atom stereocenters. The van der Waals surface area contributed by atoms with E-state index in [2.05, 4.69) is 0 Å². The van der Waals surface area contributed by atoms with Gasteiger partial charge in [-0.05, 0) is 37.5 Å². The molecule has 2 rings (SSSR count). The largest absolute Gasteiger partial charge is 0.496 e. The third-order valence-electron chi connectivity index (χ3n) is 4.05. The second-order valence-corrected chi connectivity index (χ2v) is 7.23. The minimum Gasteiger partial charge on any atom is -0.496 e. The first-order valence-corrected chi connectivity index (χ1v) is 8.79. The Morgan fingerprint density at radius 1 is 1.41 bits per heavy atom. The average Bonchev–Trinajstić information content (AvgIpc) is 2.53. The zero-order valence-corrected chi connectivity index (χ0v) is 13.6. The normalized spacial score (nSPS) is 19.8. The lowest BCUT2D eigenvalue weighted by atomic mass is 10.0. The molecule has 1 aliphatic rings. The number of carboxylic acids is 1. The molecule has 1 atom stereocenters. The summed E-state index contributed by atoms with van der Waals surface area (Å²) in [5, 5.41) is 9.21. The number of ether oxygens (including phenoxy) is 1. The lowest BCUT2D eigenvalue weighted by molar-refractivity contribution is 0.0693. The van der Waals surface area contributed by atoms with Crippen molar-refractivity contribution in [3.63, 3.8) is 0 Å². The summed E-state index contributed by atoms with van der Waals surface area (Å²) in [6.45, 7) is 2.45. The van der Waals surface area contributed by atoms with Gasteiger partial charge in [-0.3, -0.25) is 0 Å². The van der Waals surface area contributed by atoms with Gasteiger partial charge in [0.2, 0.25) is 10.0 Å². The second-order valence-electron chi connectivity index (χ2n) is 5.34. The van der Waals surface area contributed by atoms with E-state index in [0.29, 0.717) is 6.54 Å². The first kappa shape index (κ1) is 16.8. The number of hydrogen-bond acceptors (Lipinski definition) is 4. The van der Waals surface area contributed by atoms with Crippen LogP contribution in [0.5, 0.6) is 5.75 Å². The van der Waals surface area contributed by atoms with Crippen molar-refractivity contribution in [1.29, 1.82) is 0 Å². The molecular weight excluding hydrogens is 306 g/mol. The van der Waals surface area contributed by atoms with Crippen LogP contribution in [-0.4, -0.2) is 43.5 Å². The quantitative estimate of drug-likeness (QED) is 0.897. The summed E-state index contributed by atoms with van der Waals surface area (Å²) in [6.07, 6.45) is 3.45. The summed E-state index contributed by atoms with van der Waals surface area (Å²) in [4.78, 5) is 11.3. The fraction of sp³-hybridized carbons (Fsp3) is 0.533. The van der Waals surface area contributed by atoms with E-state index in [9.17, 15) is 18.3 Å². The Balaban J connectivity index is 2.45. The van der Waals surface area contributed by atoms with E-state index < -0.39 is 16.0 Å². The number of rotatable bonds is 5. The summed E-state index contributed by atoms with van der Waals surface area (Å²) >= 11 is 0. The predicted molar refractivity (Wildman–Crippen MR) is 81.8 cm³/mol. The second kappa shape index (κ2) is 6.66. The van der Waals surface area contributed by atoms with Crippen molar-refractivity contribution in [1.82, 2.24) is 4.31 Å². The van der Waals surface area contributed by atoms with Crippen LogP contribution in [0.1, 0.15) is 43.0 Å². The molecule has 0 bridgehead atoms. The molecule has 1 heterocycles. The molecular formula is C15H21NO5S. The van der Waals surface area contributed by atoms with Gasteiger partial charge in [0, 0.05) is 12.6 Å². The number of nitrogens with zero attached hydrogens (tertiary/aromatic N) is 1. The van der Waals surface area contributed by atoms with E-state index in [4.69, 9.17) is 4.74 Å². The minimum absolute atomic E-state index is 0.00560. The highest BCUT2D eigenvalue weighted by molar-refractivity contribution is 7.89. The van der Waals surface area contributed by atoms with Gasteiger partial charge in [0.05, 0.1) is 12.0 Å². The highest BCUT2D eigenvalue weighted by atomic mass is 32.2. The van der Waals surface area contributed by atoms with Gasteiger partial charge in [-0.1, -0.05) is 13.3 Å². The molecule has 7 heteroatoms. The van der Waals surface area contributed by atoms with E-state index in [-0.39, 0.29) is 22.3 Å². The van der Waals surface area contributed by atoms with Crippen molar-refractivity contribution in [2.45, 2.75) is 43.5 Å². The Morgan fingerprint density at radius 2 is 2.14 bits per heavy atom. The van der Waals surface area contributed by atoms with Crippen LogP contribution in [0.25, 0.3) is 0 Å². The topological polar surface area (TPSA) is 83.9 Å². The summed E-state index contributed by atoms with van der Waals surface area (Å²) in [5.41, 5.74) is -0.145. The molecule has 1 aliphatic heterocycles. The number of methoxy groups -OCH3 is 1. The predicted octanol–water partition coefficient (Wildman–Crippen LogP) is 2.35. The van der Waals surface area contributed by atoms with E-state index in [1.807, 2.05) is 6.92 Å². The first-order chi connectivity index (χ1) is 10.4. The van der Waals surface area contributed by atoms with Crippen molar-refractivity contribution in [3.8, 4) is 5.75 Å². The van der Waals surface area contributed by atoms with Gasteiger partial charge in [-0.25, -0.2) is 13.2 Å². The molecule has 0 spiro atoms. The Morgan fingerprint density at radius 3 is 2.73 bits per heavy atom. The van der Waals surface area contributed by atoms with Gasteiger partial charge in [0.25, 0.3) is 0 Å². The molecule has 1 aromatic rings. The van der Waals surface area contributed by atoms with Crippen LogP contribution >= 0.6 is 0 Å². The molecule has 1 saturated heterocycles. The highest BCUT2D eigenvalue weighted by Crippen LogP contribution is 2.29. The lowest BCUT2D eigenvalue weighted by Crippen LogP contribution is -2.43. The smallest absolute Gasteiger partial charge is 0.339 e. The maximum Gasteiger partial charge on any atom is 0.339 e. The molecule has 0 aromatic heterocycles. The van der Waals surface area contributed by atoms with Gasteiger partial charge in [0.15, 0.2) is 0 Å². The van der Waals surface area contributed by atoms with Crippen molar-refractivity contribution in [2.24, 2.45) is 0 Å². The van der Waals surface area contributed by atoms with Crippen LogP contribution in [0.4, 0.5) is 0 Å². The van der Waals surface area contributed by atoms with Crippen molar-refractivity contribution in [2.75, 3.05) is 13.7 Å². The molecule has 1 N–H and O–H groups in total. The molecule has 0 saturated carbocycles. The zero-order valence-electron chi connectivity index (χ0n) is 12.8. The molecule has 122 valence electrons. The third-order valence-corrected chi connectivity index (χ3v) is 6.00. The monoisotopic (exact) mass is 327 g/mol. The van der Waals surface area contributed by atoms with Crippen LogP contribution in [0.3, 0.4) is 0 Å². The Hall–Kier alpha value is -1.60. The summed E-state index contributed by atoms with van der Waals surface area (Å²) < 4.78 is 32.1. The number of piperidine rings is 1. The van der Waals surface area contributed by atoms with E-state index in [1.165, 1.54) is 29.6 Å². The Bertz CT molecular complexity index is 656. The lowest BCUT2D eigenvalue weighted by Gasteiger charge is -2.34. The number of hydrogen-bond donors (Lipinski definition) is 1. The van der Waals surface area contributed by atoms with Crippen LogP contribution < -0.4 is 4.74 Å². The number of aromatic carboxylic acids is 1. The summed E-state index contributed by atoms with van der Waals surface area (Å²) in [5.74, 6) is -1.06. The molecule has 22 heavy (non-hydrogen) atoms. The highest BCUT2D eigenvalue weighted by Gasteiger charge is 2.33. The fourth-order valence-corrected chi connectivity index (χ4v) is 4.64. The van der Waals surface area contributed by atoms with E-state index in [0.717, 1.165) is 25.7 Å². The van der Waals surface area contributed by atoms with E-state index >= 15 is 0 Å². The van der Waals surface area contributed by atoms with Gasteiger partial charge in [-0.2, -0.15) is 4.31 Å². The van der Waals surface area contributed by atoms with Crippen LogP contribution in [0.2, 0.25) is 0 Å². The molecule has 1 aromatic carbocycles. The fourth-order valence-electron chi connectivity index (χ4n) is 2.85. The Labute approximate surface area is 130 Å². The minimum atomic E-state index is -3.69. The number of sulfonamides is 1. The number of benzene rings is 1.